The highest BCUT2D eigenvalue weighted by molar-refractivity contribution is 6.03. The molecule has 1 aromatic carbocycles. The summed E-state index contributed by atoms with van der Waals surface area (Å²) < 4.78 is 11.6. The molecule has 0 bridgehead atoms. The number of benzene rings is 1. The lowest BCUT2D eigenvalue weighted by Crippen LogP contribution is -2.44. The van der Waals surface area contributed by atoms with E-state index in [0.717, 1.165) is 17.1 Å². The van der Waals surface area contributed by atoms with Gasteiger partial charge in [0.1, 0.15) is 28.8 Å². The van der Waals surface area contributed by atoms with Crippen LogP contribution in [0, 0.1) is 5.92 Å². The molecule has 25 heavy (non-hydrogen) atoms. The molecule has 0 amide bonds. The molecular weight excluding hydrogens is 316 g/mol. The van der Waals surface area contributed by atoms with Gasteiger partial charge in [-0.05, 0) is 37.6 Å². The van der Waals surface area contributed by atoms with Crippen LogP contribution in [0.2, 0.25) is 0 Å². The normalized spacial score (nSPS) is 19.5. The molecule has 4 heteroatoms. The first-order valence-electron chi connectivity index (χ1n) is 9.08. The van der Waals surface area contributed by atoms with Gasteiger partial charge in [0.15, 0.2) is 0 Å². The van der Waals surface area contributed by atoms with Gasteiger partial charge in [0.05, 0.1) is 12.4 Å². The fraction of sp³-hybridized carbons (Fsp3) is 0.524. The zero-order valence-corrected chi connectivity index (χ0v) is 15.6. The first-order valence-corrected chi connectivity index (χ1v) is 9.08. The van der Waals surface area contributed by atoms with Crippen molar-refractivity contribution in [3.63, 3.8) is 0 Å². The van der Waals surface area contributed by atoms with Crippen LogP contribution in [0.15, 0.2) is 36.1 Å². The Morgan fingerprint density at radius 1 is 1.12 bits per heavy atom. The van der Waals surface area contributed by atoms with Crippen LogP contribution >= 0.6 is 0 Å². The van der Waals surface area contributed by atoms with Gasteiger partial charge in [-0.15, -0.1) is 0 Å². The highest BCUT2D eigenvalue weighted by Crippen LogP contribution is 2.38. The second kappa shape index (κ2) is 8.32. The van der Waals surface area contributed by atoms with Crippen molar-refractivity contribution in [1.82, 2.24) is 0 Å². The standard InChI is InChI=1S/C21H28O4/c1-5-18(22)20(19(23)6-2)21(4)13-12-17(25-21)14-15-8-10-16(11-9-15)24-7-3/h8-12,20H,5-7,13-14H2,1-4H3. The topological polar surface area (TPSA) is 52.6 Å². The van der Waals surface area contributed by atoms with Crippen molar-refractivity contribution in [3.8, 4) is 5.75 Å². The summed E-state index contributed by atoms with van der Waals surface area (Å²) in [7, 11) is 0. The molecule has 1 heterocycles. The van der Waals surface area contributed by atoms with Gasteiger partial charge in [0.25, 0.3) is 0 Å². The molecule has 0 saturated heterocycles. The first kappa shape index (κ1) is 19.2. The first-order chi connectivity index (χ1) is 11.9. The molecule has 0 N–H and O–H groups in total. The predicted octanol–water partition coefficient (Wildman–Crippen LogP) is 4.27. The van der Waals surface area contributed by atoms with Crippen LogP contribution in [-0.4, -0.2) is 23.8 Å². The molecule has 1 atom stereocenters. The van der Waals surface area contributed by atoms with Crippen LogP contribution in [-0.2, 0) is 20.7 Å². The zero-order valence-electron chi connectivity index (χ0n) is 15.6. The van der Waals surface area contributed by atoms with Crippen LogP contribution in [0.25, 0.3) is 0 Å². The van der Waals surface area contributed by atoms with Crippen molar-refractivity contribution in [2.45, 2.75) is 59.0 Å². The van der Waals surface area contributed by atoms with Crippen molar-refractivity contribution in [1.29, 1.82) is 0 Å². The van der Waals surface area contributed by atoms with E-state index >= 15 is 0 Å². The van der Waals surface area contributed by atoms with E-state index in [1.165, 1.54) is 0 Å². The second-order valence-corrected chi connectivity index (χ2v) is 6.62. The molecule has 1 unspecified atom stereocenters. The molecule has 0 saturated carbocycles. The Hall–Kier alpha value is -2.10. The van der Waals surface area contributed by atoms with Crippen LogP contribution in [0.3, 0.4) is 0 Å². The summed E-state index contributed by atoms with van der Waals surface area (Å²) in [6.45, 7) is 8.07. The van der Waals surface area contributed by atoms with Gasteiger partial charge in [-0.1, -0.05) is 26.0 Å². The molecule has 0 aromatic heterocycles. The smallest absolute Gasteiger partial charge is 0.147 e. The van der Waals surface area contributed by atoms with Crippen LogP contribution < -0.4 is 4.74 Å². The molecule has 4 nitrogen and oxygen atoms in total. The summed E-state index contributed by atoms with van der Waals surface area (Å²) in [5, 5.41) is 0. The van der Waals surface area contributed by atoms with Crippen LogP contribution in [0.5, 0.6) is 5.75 Å². The fourth-order valence-corrected chi connectivity index (χ4v) is 3.32. The SMILES string of the molecule is CCOc1ccc(CC2=CCC(C)(C(C(=O)CC)C(=O)CC)O2)cc1. The quantitative estimate of drug-likeness (QED) is 0.628. The summed E-state index contributed by atoms with van der Waals surface area (Å²) in [4.78, 5) is 24.7. The van der Waals surface area contributed by atoms with Crippen LogP contribution in [0.4, 0.5) is 0 Å². The summed E-state index contributed by atoms with van der Waals surface area (Å²) in [5.41, 5.74) is 0.347. The largest absolute Gasteiger partial charge is 0.494 e. The van der Waals surface area contributed by atoms with E-state index in [4.69, 9.17) is 9.47 Å². The number of Topliss-reactive ketones (excluding diaryl/α,β-unsaturated/α-hetero) is 2. The molecule has 1 aliphatic heterocycles. The van der Waals surface area contributed by atoms with Gasteiger partial charge < -0.3 is 9.47 Å². The van der Waals surface area contributed by atoms with Gasteiger partial charge in [-0.3, -0.25) is 9.59 Å². The van der Waals surface area contributed by atoms with E-state index in [-0.39, 0.29) is 11.6 Å². The van der Waals surface area contributed by atoms with Crippen molar-refractivity contribution in [2.24, 2.45) is 5.92 Å². The van der Waals surface area contributed by atoms with E-state index in [0.29, 0.717) is 32.3 Å². The van der Waals surface area contributed by atoms with E-state index in [1.54, 1.807) is 13.8 Å². The highest BCUT2D eigenvalue weighted by Gasteiger charge is 2.46. The number of ketones is 2. The van der Waals surface area contributed by atoms with Crippen molar-refractivity contribution >= 4 is 11.6 Å². The molecule has 0 aliphatic carbocycles. The maximum atomic E-state index is 12.3. The van der Waals surface area contributed by atoms with E-state index in [2.05, 4.69) is 0 Å². The molecule has 136 valence electrons. The average molecular weight is 344 g/mol. The van der Waals surface area contributed by atoms with Gasteiger partial charge in [-0.2, -0.15) is 0 Å². The van der Waals surface area contributed by atoms with Crippen LogP contribution in [0.1, 0.15) is 52.5 Å². The highest BCUT2D eigenvalue weighted by atomic mass is 16.5. The molecule has 2 rings (SSSR count). The number of hydrogen-bond donors (Lipinski definition) is 0. The van der Waals surface area contributed by atoms with Gasteiger partial charge >= 0.3 is 0 Å². The minimum atomic E-state index is -0.763. The lowest BCUT2D eigenvalue weighted by Gasteiger charge is -2.32. The molecule has 1 aromatic rings. The summed E-state index contributed by atoms with van der Waals surface area (Å²) in [5.74, 6) is 0.913. The zero-order chi connectivity index (χ0) is 18.4. The Balaban J connectivity index is 2.07. The van der Waals surface area contributed by atoms with Gasteiger partial charge in [-0.25, -0.2) is 0 Å². The lowest BCUT2D eigenvalue weighted by molar-refractivity contribution is -0.143. The Morgan fingerprint density at radius 3 is 2.24 bits per heavy atom. The summed E-state index contributed by atoms with van der Waals surface area (Å²) >= 11 is 0. The number of rotatable bonds is 9. The van der Waals surface area contributed by atoms with Crippen molar-refractivity contribution in [3.05, 3.63) is 41.7 Å². The number of ether oxygens (including phenoxy) is 2. The molecule has 0 radical (unpaired) electrons. The Bertz CT molecular complexity index is 628. The maximum absolute atomic E-state index is 12.3. The van der Waals surface area contributed by atoms with E-state index < -0.39 is 11.5 Å². The summed E-state index contributed by atoms with van der Waals surface area (Å²) in [6, 6.07) is 7.91. The Kier molecular flexibility index (Phi) is 6.40. The van der Waals surface area contributed by atoms with E-state index in [9.17, 15) is 9.59 Å². The molecule has 0 spiro atoms. The lowest BCUT2D eigenvalue weighted by atomic mass is 9.79. The van der Waals surface area contributed by atoms with Crippen molar-refractivity contribution in [2.75, 3.05) is 6.61 Å². The Morgan fingerprint density at radius 2 is 1.72 bits per heavy atom. The number of carbonyl (C=O) groups excluding carboxylic acids is 2. The predicted molar refractivity (Wildman–Crippen MR) is 97.6 cm³/mol. The van der Waals surface area contributed by atoms with Crippen molar-refractivity contribution < 1.29 is 19.1 Å². The Labute approximate surface area is 150 Å². The maximum Gasteiger partial charge on any atom is 0.147 e. The number of allylic oxidation sites excluding steroid dienone is 1. The minimum Gasteiger partial charge on any atom is -0.494 e. The third kappa shape index (κ3) is 4.50. The molecule has 0 fully saturated rings. The van der Waals surface area contributed by atoms with Gasteiger partial charge in [0, 0.05) is 25.7 Å². The average Bonchev–Trinajstić information content (AvgIpc) is 2.98. The fourth-order valence-electron chi connectivity index (χ4n) is 3.32. The minimum absolute atomic E-state index is 0.0370. The monoisotopic (exact) mass is 344 g/mol. The van der Waals surface area contributed by atoms with Gasteiger partial charge in [0.2, 0.25) is 0 Å². The number of hydrogen-bond acceptors (Lipinski definition) is 4. The summed E-state index contributed by atoms with van der Waals surface area (Å²) in [6.07, 6.45) is 3.94. The number of carbonyl (C=O) groups is 2. The third-order valence-electron chi connectivity index (χ3n) is 4.66. The second-order valence-electron chi connectivity index (χ2n) is 6.62. The van der Waals surface area contributed by atoms with E-state index in [1.807, 2.05) is 44.2 Å². The third-order valence-corrected chi connectivity index (χ3v) is 4.66. The molecular formula is C21H28O4. The molecule has 1 aliphatic rings.